The third-order valence-electron chi connectivity index (χ3n) is 3.61. The lowest BCUT2D eigenvalue weighted by Gasteiger charge is -2.09. The van der Waals surface area contributed by atoms with Gasteiger partial charge in [0, 0.05) is 23.5 Å². The maximum atomic E-state index is 4.57. The maximum Gasteiger partial charge on any atom is 0.0912 e. The van der Waals surface area contributed by atoms with Crippen molar-refractivity contribution >= 4 is 17.9 Å². The SMILES string of the molecule is C=Cc1c(-c2cn[nH]c2C(/C=C\C)=N/C=C\CC)ccnc1/C=C\C.CC. The van der Waals surface area contributed by atoms with Gasteiger partial charge in [0.2, 0.25) is 0 Å². The van der Waals surface area contributed by atoms with Crippen LogP contribution in [0.1, 0.15) is 58.0 Å². The average molecular weight is 363 g/mol. The van der Waals surface area contributed by atoms with Crippen LogP contribution >= 0.6 is 0 Å². The number of nitrogens with one attached hydrogen (secondary N) is 1. The minimum Gasteiger partial charge on any atom is -0.276 e. The van der Waals surface area contributed by atoms with Gasteiger partial charge in [0.15, 0.2) is 0 Å². The molecule has 0 saturated carbocycles. The molecule has 0 amide bonds. The first-order chi connectivity index (χ1) is 13.3. The first-order valence-electron chi connectivity index (χ1n) is 9.40. The zero-order chi connectivity index (χ0) is 20.1. The molecule has 0 aliphatic rings. The van der Waals surface area contributed by atoms with E-state index in [9.17, 15) is 0 Å². The smallest absolute Gasteiger partial charge is 0.0912 e. The Balaban J connectivity index is 0.00000176. The number of hydrogen-bond donors (Lipinski definition) is 1. The fourth-order valence-corrected chi connectivity index (χ4v) is 2.50. The Morgan fingerprint density at radius 2 is 2.00 bits per heavy atom. The molecule has 0 radical (unpaired) electrons. The van der Waals surface area contributed by atoms with Crippen LogP contribution in [0, 0.1) is 0 Å². The summed E-state index contributed by atoms with van der Waals surface area (Å²) in [7, 11) is 0. The summed E-state index contributed by atoms with van der Waals surface area (Å²) >= 11 is 0. The minimum atomic E-state index is 0.833. The van der Waals surface area contributed by atoms with Crippen LogP contribution in [-0.2, 0) is 0 Å². The highest BCUT2D eigenvalue weighted by molar-refractivity contribution is 6.11. The van der Waals surface area contributed by atoms with Gasteiger partial charge in [0.1, 0.15) is 0 Å². The molecule has 0 aliphatic heterocycles. The second kappa shape index (κ2) is 12.4. The van der Waals surface area contributed by atoms with Gasteiger partial charge in [-0.05, 0) is 44.1 Å². The molecule has 0 atom stereocenters. The lowest BCUT2D eigenvalue weighted by molar-refractivity contribution is 1.08. The Kier molecular flexibility index (Phi) is 10.1. The zero-order valence-corrected chi connectivity index (χ0v) is 17.0. The van der Waals surface area contributed by atoms with E-state index >= 15 is 0 Å². The van der Waals surface area contributed by atoms with Crippen LogP contribution in [0.3, 0.4) is 0 Å². The molecule has 2 aromatic heterocycles. The van der Waals surface area contributed by atoms with Gasteiger partial charge >= 0.3 is 0 Å². The maximum absolute atomic E-state index is 4.57. The molecule has 0 unspecified atom stereocenters. The molecule has 2 aromatic rings. The fourth-order valence-electron chi connectivity index (χ4n) is 2.50. The molecule has 0 spiro atoms. The number of rotatable bonds is 7. The van der Waals surface area contributed by atoms with Gasteiger partial charge in [-0.15, -0.1) is 0 Å². The van der Waals surface area contributed by atoms with Crippen molar-refractivity contribution in [1.29, 1.82) is 0 Å². The van der Waals surface area contributed by atoms with Crippen LogP contribution in [0.5, 0.6) is 0 Å². The molecule has 2 rings (SSSR count). The molecule has 0 aliphatic carbocycles. The number of aromatic nitrogens is 3. The van der Waals surface area contributed by atoms with Gasteiger partial charge in [-0.3, -0.25) is 15.1 Å². The normalized spacial score (nSPS) is 12.0. The molecule has 1 N–H and O–H groups in total. The summed E-state index contributed by atoms with van der Waals surface area (Å²) in [6.45, 7) is 14.0. The largest absolute Gasteiger partial charge is 0.276 e. The standard InChI is InChI=1S/C21H24N4.C2H6/c1-5-9-13-22-20(11-7-3)21-18(15-24-25-21)17-12-14-23-19(10-6-2)16(17)8-4;1-2/h6-15H,4-5H2,1-3H3,(H,24,25);1-2H3/b10-6-,11-7-,13-9-,22-20+;. The summed E-state index contributed by atoms with van der Waals surface area (Å²) in [5.41, 5.74) is 5.58. The molecular formula is C23H30N4. The van der Waals surface area contributed by atoms with Crippen molar-refractivity contribution in [3.8, 4) is 11.1 Å². The third kappa shape index (κ3) is 5.74. The van der Waals surface area contributed by atoms with Gasteiger partial charge in [-0.25, -0.2) is 0 Å². The lowest BCUT2D eigenvalue weighted by Crippen LogP contribution is -2.01. The molecule has 0 saturated heterocycles. The first-order valence-corrected chi connectivity index (χ1v) is 9.40. The predicted molar refractivity (Wildman–Crippen MR) is 119 cm³/mol. The Bertz CT molecular complexity index is 836. The number of aromatic amines is 1. The molecule has 0 fully saturated rings. The Hall–Kier alpha value is -3.01. The number of nitrogens with zero attached hydrogens (tertiary/aromatic N) is 3. The molecule has 2 heterocycles. The summed E-state index contributed by atoms with van der Waals surface area (Å²) in [4.78, 5) is 9.01. The van der Waals surface area contributed by atoms with Gasteiger partial charge in [0.05, 0.1) is 23.3 Å². The van der Waals surface area contributed by atoms with E-state index in [2.05, 4.69) is 33.7 Å². The number of aliphatic imine (C=N–C) groups is 1. The Labute approximate surface area is 163 Å². The van der Waals surface area contributed by atoms with E-state index in [4.69, 9.17) is 0 Å². The van der Waals surface area contributed by atoms with Crippen molar-refractivity contribution < 1.29 is 0 Å². The van der Waals surface area contributed by atoms with Crippen LogP contribution in [0.2, 0.25) is 0 Å². The zero-order valence-electron chi connectivity index (χ0n) is 17.0. The topological polar surface area (TPSA) is 53.9 Å². The molecule has 142 valence electrons. The minimum absolute atomic E-state index is 0.833. The monoisotopic (exact) mass is 362 g/mol. The molecule has 27 heavy (non-hydrogen) atoms. The number of pyridine rings is 1. The van der Waals surface area contributed by atoms with Crippen LogP contribution in [0.15, 0.2) is 60.5 Å². The van der Waals surface area contributed by atoms with Crippen molar-refractivity contribution in [2.45, 2.75) is 41.0 Å². The summed E-state index contributed by atoms with van der Waals surface area (Å²) in [5.74, 6) is 0. The molecule has 4 heteroatoms. The van der Waals surface area contributed by atoms with Crippen LogP contribution < -0.4 is 0 Å². The van der Waals surface area contributed by atoms with Crippen molar-refractivity contribution in [3.05, 3.63) is 72.5 Å². The average Bonchev–Trinajstić information content (AvgIpc) is 3.18. The van der Waals surface area contributed by atoms with E-state index in [1.54, 1.807) is 6.20 Å². The molecule has 4 nitrogen and oxygen atoms in total. The van der Waals surface area contributed by atoms with E-state index in [0.29, 0.717) is 0 Å². The summed E-state index contributed by atoms with van der Waals surface area (Å²) in [5, 5.41) is 7.32. The number of H-pyrrole nitrogens is 1. The van der Waals surface area contributed by atoms with Crippen molar-refractivity contribution in [1.82, 2.24) is 15.2 Å². The van der Waals surface area contributed by atoms with Crippen LogP contribution in [-0.4, -0.2) is 20.9 Å². The number of allylic oxidation sites excluding steroid dienone is 4. The second-order valence-electron chi connectivity index (χ2n) is 5.33. The summed E-state index contributed by atoms with van der Waals surface area (Å²) in [6.07, 6.45) is 18.1. The van der Waals surface area contributed by atoms with Gasteiger partial charge in [-0.1, -0.05) is 51.7 Å². The van der Waals surface area contributed by atoms with Gasteiger partial charge in [0.25, 0.3) is 0 Å². The molecule has 0 bridgehead atoms. The van der Waals surface area contributed by atoms with E-state index in [-0.39, 0.29) is 0 Å². The predicted octanol–water partition coefficient (Wildman–Crippen LogP) is 6.46. The van der Waals surface area contributed by atoms with E-state index in [1.165, 1.54) is 0 Å². The Morgan fingerprint density at radius 1 is 1.22 bits per heavy atom. The number of hydrogen-bond acceptors (Lipinski definition) is 3. The lowest BCUT2D eigenvalue weighted by atomic mass is 9.97. The van der Waals surface area contributed by atoms with Crippen molar-refractivity contribution in [2.24, 2.45) is 4.99 Å². The molecular weight excluding hydrogens is 332 g/mol. The highest BCUT2D eigenvalue weighted by Crippen LogP contribution is 2.29. The molecule has 0 aromatic carbocycles. The van der Waals surface area contributed by atoms with Crippen LogP contribution in [0.25, 0.3) is 23.3 Å². The van der Waals surface area contributed by atoms with E-state index in [1.807, 2.05) is 82.6 Å². The van der Waals surface area contributed by atoms with Gasteiger partial charge < -0.3 is 0 Å². The van der Waals surface area contributed by atoms with Crippen LogP contribution in [0.4, 0.5) is 0 Å². The van der Waals surface area contributed by atoms with Gasteiger partial charge in [-0.2, -0.15) is 5.10 Å². The highest BCUT2D eigenvalue weighted by atomic mass is 15.1. The van der Waals surface area contributed by atoms with Crippen molar-refractivity contribution in [3.63, 3.8) is 0 Å². The van der Waals surface area contributed by atoms with Crippen molar-refractivity contribution in [2.75, 3.05) is 0 Å². The third-order valence-corrected chi connectivity index (χ3v) is 3.61. The quantitative estimate of drug-likeness (QED) is 0.574. The summed E-state index contributed by atoms with van der Waals surface area (Å²) < 4.78 is 0. The Morgan fingerprint density at radius 3 is 2.63 bits per heavy atom. The van der Waals surface area contributed by atoms with E-state index < -0.39 is 0 Å². The summed E-state index contributed by atoms with van der Waals surface area (Å²) in [6, 6.07) is 1.98. The van der Waals surface area contributed by atoms with E-state index in [0.717, 1.165) is 40.2 Å². The second-order valence-corrected chi connectivity index (χ2v) is 5.33. The first kappa shape index (κ1) is 22.0. The highest BCUT2D eigenvalue weighted by Gasteiger charge is 2.15. The fraction of sp³-hybridized carbons (Fsp3) is 0.261.